The fourth-order valence-electron chi connectivity index (χ4n) is 2.23. The van der Waals surface area contributed by atoms with Crippen LogP contribution in [0.25, 0.3) is 0 Å². The zero-order chi connectivity index (χ0) is 10.5. The first kappa shape index (κ1) is 10.6. The third-order valence-electron chi connectivity index (χ3n) is 3.00. The molecule has 0 radical (unpaired) electrons. The number of nitrogens with zero attached hydrogens (tertiary/aromatic N) is 2. The quantitative estimate of drug-likeness (QED) is 0.770. The summed E-state index contributed by atoms with van der Waals surface area (Å²) >= 11 is 0. The summed E-state index contributed by atoms with van der Waals surface area (Å²) in [6.45, 7) is 4.44. The largest absolute Gasteiger partial charge is 0.348 e. The molecule has 0 aromatic carbocycles. The number of hydrogen-bond acceptors (Lipinski definition) is 3. The molecule has 1 aliphatic rings. The van der Waals surface area contributed by atoms with Crippen molar-refractivity contribution in [2.45, 2.75) is 19.4 Å². The average Bonchev–Trinajstić information content (AvgIpc) is 2.71. The Morgan fingerprint density at radius 1 is 1.67 bits per heavy atom. The van der Waals surface area contributed by atoms with E-state index in [1.807, 2.05) is 6.20 Å². The van der Waals surface area contributed by atoms with Gasteiger partial charge in [-0.25, -0.2) is 4.98 Å². The predicted molar refractivity (Wildman–Crippen MR) is 60.5 cm³/mol. The van der Waals surface area contributed by atoms with Gasteiger partial charge in [0.1, 0.15) is 5.82 Å². The smallest absolute Gasteiger partial charge is 0.120 e. The fraction of sp³-hybridized carbons (Fsp3) is 0.727. The van der Waals surface area contributed by atoms with Crippen LogP contribution >= 0.6 is 0 Å². The van der Waals surface area contributed by atoms with Crippen molar-refractivity contribution in [2.75, 3.05) is 26.7 Å². The first-order chi connectivity index (χ1) is 7.34. The van der Waals surface area contributed by atoms with Gasteiger partial charge in [0.05, 0.1) is 6.54 Å². The Morgan fingerprint density at radius 3 is 3.33 bits per heavy atom. The minimum atomic E-state index is 0.804. The minimum absolute atomic E-state index is 0.804. The highest BCUT2D eigenvalue weighted by Crippen LogP contribution is 2.13. The number of H-pyrrole nitrogens is 1. The van der Waals surface area contributed by atoms with Crippen molar-refractivity contribution in [1.82, 2.24) is 20.2 Å². The van der Waals surface area contributed by atoms with E-state index in [1.165, 1.54) is 25.9 Å². The molecular formula is C11H20N4. The molecule has 84 valence electrons. The molecule has 15 heavy (non-hydrogen) atoms. The topological polar surface area (TPSA) is 44.0 Å². The van der Waals surface area contributed by atoms with Crippen molar-refractivity contribution in [1.29, 1.82) is 0 Å². The van der Waals surface area contributed by atoms with Crippen LogP contribution in [-0.2, 0) is 6.54 Å². The SMILES string of the molecule is CN1CCCC(CNCc2ncc[nH]2)C1. The molecule has 1 atom stereocenters. The van der Waals surface area contributed by atoms with E-state index >= 15 is 0 Å². The first-order valence-corrected chi connectivity index (χ1v) is 5.72. The van der Waals surface area contributed by atoms with Gasteiger partial charge in [0, 0.05) is 18.9 Å². The zero-order valence-corrected chi connectivity index (χ0v) is 9.37. The van der Waals surface area contributed by atoms with Gasteiger partial charge in [-0.05, 0) is 38.9 Å². The highest BCUT2D eigenvalue weighted by Gasteiger charge is 2.16. The molecule has 0 aliphatic carbocycles. The van der Waals surface area contributed by atoms with Crippen molar-refractivity contribution >= 4 is 0 Å². The third-order valence-corrected chi connectivity index (χ3v) is 3.00. The van der Waals surface area contributed by atoms with Gasteiger partial charge in [-0.15, -0.1) is 0 Å². The van der Waals surface area contributed by atoms with E-state index in [9.17, 15) is 0 Å². The maximum atomic E-state index is 4.19. The molecule has 1 aliphatic heterocycles. The monoisotopic (exact) mass is 208 g/mol. The Balaban J connectivity index is 1.65. The molecule has 4 nitrogen and oxygen atoms in total. The lowest BCUT2D eigenvalue weighted by molar-refractivity contribution is 0.206. The summed E-state index contributed by atoms with van der Waals surface area (Å²) in [4.78, 5) is 9.70. The molecule has 4 heteroatoms. The molecule has 2 rings (SSSR count). The van der Waals surface area contributed by atoms with Gasteiger partial charge in [-0.1, -0.05) is 0 Å². The zero-order valence-electron chi connectivity index (χ0n) is 9.37. The fourth-order valence-corrected chi connectivity index (χ4v) is 2.23. The molecule has 0 amide bonds. The van der Waals surface area contributed by atoms with E-state index in [4.69, 9.17) is 0 Å². The van der Waals surface area contributed by atoms with Crippen molar-refractivity contribution in [3.8, 4) is 0 Å². The summed E-state index contributed by atoms with van der Waals surface area (Å²) in [5.41, 5.74) is 0. The Morgan fingerprint density at radius 2 is 2.60 bits per heavy atom. The van der Waals surface area contributed by atoms with Gasteiger partial charge in [-0.2, -0.15) is 0 Å². The van der Waals surface area contributed by atoms with Gasteiger partial charge in [0.15, 0.2) is 0 Å². The lowest BCUT2D eigenvalue weighted by Crippen LogP contribution is -2.37. The van der Waals surface area contributed by atoms with Crippen LogP contribution in [0.3, 0.4) is 0 Å². The van der Waals surface area contributed by atoms with Crippen molar-refractivity contribution in [2.24, 2.45) is 5.92 Å². The average molecular weight is 208 g/mol. The Hall–Kier alpha value is -0.870. The molecule has 0 saturated carbocycles. The second-order valence-electron chi connectivity index (χ2n) is 4.44. The lowest BCUT2D eigenvalue weighted by Gasteiger charge is -2.29. The number of imidazole rings is 1. The van der Waals surface area contributed by atoms with Crippen LogP contribution in [0.1, 0.15) is 18.7 Å². The molecular weight excluding hydrogens is 188 g/mol. The summed E-state index contributed by atoms with van der Waals surface area (Å²) in [5, 5.41) is 3.46. The molecule has 0 bridgehead atoms. The van der Waals surface area contributed by atoms with Crippen molar-refractivity contribution in [3.63, 3.8) is 0 Å². The van der Waals surface area contributed by atoms with Crippen LogP contribution in [-0.4, -0.2) is 41.5 Å². The summed E-state index contributed by atoms with van der Waals surface area (Å²) in [6.07, 6.45) is 6.36. The van der Waals surface area contributed by atoms with Crippen molar-refractivity contribution < 1.29 is 0 Å². The van der Waals surface area contributed by atoms with Gasteiger partial charge < -0.3 is 15.2 Å². The maximum Gasteiger partial charge on any atom is 0.120 e. The van der Waals surface area contributed by atoms with Gasteiger partial charge >= 0.3 is 0 Å². The van der Waals surface area contributed by atoms with E-state index in [2.05, 4.69) is 27.2 Å². The van der Waals surface area contributed by atoms with E-state index in [1.54, 1.807) is 6.20 Å². The van der Waals surface area contributed by atoms with Crippen LogP contribution < -0.4 is 5.32 Å². The van der Waals surface area contributed by atoms with E-state index < -0.39 is 0 Å². The van der Waals surface area contributed by atoms with E-state index in [-0.39, 0.29) is 0 Å². The molecule has 0 spiro atoms. The number of aromatic amines is 1. The molecule has 1 aromatic heterocycles. The summed E-state index contributed by atoms with van der Waals surface area (Å²) < 4.78 is 0. The van der Waals surface area contributed by atoms with Crippen LogP contribution in [0.15, 0.2) is 12.4 Å². The molecule has 1 aromatic rings. The second-order valence-corrected chi connectivity index (χ2v) is 4.44. The molecule has 1 unspecified atom stereocenters. The Kier molecular flexibility index (Phi) is 3.75. The van der Waals surface area contributed by atoms with E-state index in [0.29, 0.717) is 0 Å². The number of aromatic nitrogens is 2. The summed E-state index contributed by atoms with van der Waals surface area (Å²) in [5.74, 6) is 1.83. The van der Waals surface area contributed by atoms with Crippen LogP contribution in [0, 0.1) is 5.92 Å². The normalized spacial score (nSPS) is 23.1. The molecule has 2 N–H and O–H groups in total. The Labute approximate surface area is 91.1 Å². The number of rotatable bonds is 4. The van der Waals surface area contributed by atoms with Crippen LogP contribution in [0.4, 0.5) is 0 Å². The predicted octanol–water partition coefficient (Wildman–Crippen LogP) is 0.841. The molecule has 1 fully saturated rings. The first-order valence-electron chi connectivity index (χ1n) is 5.72. The van der Waals surface area contributed by atoms with E-state index in [0.717, 1.165) is 24.8 Å². The number of likely N-dealkylation sites (tertiary alicyclic amines) is 1. The minimum Gasteiger partial charge on any atom is -0.348 e. The van der Waals surface area contributed by atoms with Gasteiger partial charge in [0.25, 0.3) is 0 Å². The van der Waals surface area contributed by atoms with Gasteiger partial charge in [0.2, 0.25) is 0 Å². The number of nitrogens with one attached hydrogen (secondary N) is 2. The molecule has 1 saturated heterocycles. The van der Waals surface area contributed by atoms with Gasteiger partial charge in [-0.3, -0.25) is 0 Å². The van der Waals surface area contributed by atoms with Crippen LogP contribution in [0.5, 0.6) is 0 Å². The highest BCUT2D eigenvalue weighted by atomic mass is 15.1. The lowest BCUT2D eigenvalue weighted by atomic mass is 9.98. The Bertz CT molecular complexity index is 270. The third kappa shape index (κ3) is 3.32. The second kappa shape index (κ2) is 5.28. The number of piperidine rings is 1. The summed E-state index contributed by atoms with van der Waals surface area (Å²) in [6, 6.07) is 0. The maximum absolute atomic E-state index is 4.19. The van der Waals surface area contributed by atoms with Crippen LogP contribution in [0.2, 0.25) is 0 Å². The standard InChI is InChI=1S/C11H20N4/c1-15-6-2-3-10(9-15)7-12-8-11-13-4-5-14-11/h4-5,10,12H,2-3,6-9H2,1H3,(H,13,14). The summed E-state index contributed by atoms with van der Waals surface area (Å²) in [7, 11) is 2.21. The molecule has 2 heterocycles. The van der Waals surface area contributed by atoms with Crippen molar-refractivity contribution in [3.05, 3.63) is 18.2 Å². The highest BCUT2D eigenvalue weighted by molar-refractivity contribution is 4.86. The number of hydrogen-bond donors (Lipinski definition) is 2.